The summed E-state index contributed by atoms with van der Waals surface area (Å²) in [4.78, 5) is 12.7. The van der Waals surface area contributed by atoms with E-state index in [-0.39, 0.29) is 24.5 Å². The van der Waals surface area contributed by atoms with Crippen LogP contribution in [0.1, 0.15) is 33.9 Å². The average molecular weight is 395 g/mol. The topological polar surface area (TPSA) is 49.3 Å². The minimum Gasteiger partial charge on any atom is -0.396 e. The van der Waals surface area contributed by atoms with E-state index >= 15 is 0 Å². The molecule has 3 rings (SSSR count). The third kappa shape index (κ3) is 3.44. The van der Waals surface area contributed by atoms with Crippen LogP contribution in [0.2, 0.25) is 5.02 Å². The number of carbonyl (C=O) groups is 1. The van der Waals surface area contributed by atoms with Crippen molar-refractivity contribution < 1.29 is 9.90 Å². The van der Waals surface area contributed by atoms with Crippen molar-refractivity contribution in [3.05, 3.63) is 68.7 Å². The zero-order valence-electron chi connectivity index (χ0n) is 12.4. The van der Waals surface area contributed by atoms with Gasteiger partial charge in [-0.05, 0) is 58.1 Å². The van der Waals surface area contributed by atoms with Crippen molar-refractivity contribution in [2.24, 2.45) is 5.92 Å². The van der Waals surface area contributed by atoms with Crippen LogP contribution in [0.4, 0.5) is 0 Å². The van der Waals surface area contributed by atoms with Gasteiger partial charge in [0.1, 0.15) is 0 Å². The largest absolute Gasteiger partial charge is 0.396 e. The van der Waals surface area contributed by atoms with E-state index in [1.165, 1.54) is 5.56 Å². The molecule has 2 aromatic rings. The predicted octanol–water partition coefficient (Wildman–Crippen LogP) is 4.13. The second-order valence-corrected chi connectivity index (χ2v) is 7.05. The molecule has 0 aliphatic heterocycles. The number of amides is 1. The molecule has 23 heavy (non-hydrogen) atoms. The van der Waals surface area contributed by atoms with Gasteiger partial charge in [0, 0.05) is 22.0 Å². The van der Waals surface area contributed by atoms with Crippen LogP contribution >= 0.6 is 27.5 Å². The summed E-state index contributed by atoms with van der Waals surface area (Å²) in [6.45, 7) is 0.0516. The van der Waals surface area contributed by atoms with Gasteiger partial charge in [-0.15, -0.1) is 0 Å². The number of halogens is 2. The minimum atomic E-state index is -0.195. The first-order valence-electron chi connectivity index (χ1n) is 7.54. The maximum atomic E-state index is 12.7. The Morgan fingerprint density at radius 1 is 1.30 bits per heavy atom. The molecule has 5 heteroatoms. The van der Waals surface area contributed by atoms with Gasteiger partial charge in [0.25, 0.3) is 5.91 Å². The Kier molecular flexibility index (Phi) is 5.05. The summed E-state index contributed by atoms with van der Waals surface area (Å²) in [6.07, 6.45) is 1.78. The number of benzene rings is 2. The monoisotopic (exact) mass is 393 g/mol. The van der Waals surface area contributed by atoms with Crippen molar-refractivity contribution in [2.45, 2.75) is 18.9 Å². The van der Waals surface area contributed by atoms with E-state index in [1.807, 2.05) is 18.2 Å². The molecule has 0 unspecified atom stereocenters. The highest BCUT2D eigenvalue weighted by molar-refractivity contribution is 9.10. The van der Waals surface area contributed by atoms with E-state index in [0.29, 0.717) is 15.1 Å². The van der Waals surface area contributed by atoms with Gasteiger partial charge in [0.05, 0.1) is 11.6 Å². The molecule has 120 valence electrons. The molecule has 1 aliphatic carbocycles. The van der Waals surface area contributed by atoms with Crippen molar-refractivity contribution >= 4 is 33.4 Å². The molecule has 0 saturated heterocycles. The molecule has 0 radical (unpaired) electrons. The molecule has 2 aromatic carbocycles. The fourth-order valence-corrected chi connectivity index (χ4v) is 3.71. The Labute approximate surface area is 148 Å². The number of hydrogen-bond donors (Lipinski definition) is 2. The quantitative estimate of drug-likeness (QED) is 0.822. The number of carbonyl (C=O) groups excluding carboxylic acids is 1. The minimum absolute atomic E-state index is 0.0202. The van der Waals surface area contributed by atoms with E-state index in [1.54, 1.807) is 18.2 Å². The van der Waals surface area contributed by atoms with Crippen LogP contribution in [-0.2, 0) is 6.42 Å². The Morgan fingerprint density at radius 2 is 2.09 bits per heavy atom. The van der Waals surface area contributed by atoms with Gasteiger partial charge in [0.2, 0.25) is 0 Å². The summed E-state index contributed by atoms with van der Waals surface area (Å²) in [5.74, 6) is -0.175. The van der Waals surface area contributed by atoms with Gasteiger partial charge in [0.15, 0.2) is 0 Å². The average Bonchev–Trinajstić information content (AvgIpc) is 2.57. The van der Waals surface area contributed by atoms with E-state index in [0.717, 1.165) is 18.4 Å². The van der Waals surface area contributed by atoms with E-state index < -0.39 is 0 Å². The summed E-state index contributed by atoms with van der Waals surface area (Å²) < 4.78 is 0.698. The number of rotatable bonds is 3. The number of fused-ring (bicyclic) bond motifs is 1. The summed E-state index contributed by atoms with van der Waals surface area (Å²) in [5, 5.41) is 13.3. The molecular weight excluding hydrogens is 378 g/mol. The van der Waals surface area contributed by atoms with Crippen LogP contribution in [0.15, 0.2) is 46.9 Å². The fraction of sp³-hybridized carbons (Fsp3) is 0.278. The molecule has 1 aliphatic rings. The summed E-state index contributed by atoms with van der Waals surface area (Å²) in [7, 11) is 0. The third-order valence-corrected chi connectivity index (χ3v) is 5.27. The molecule has 0 spiro atoms. The van der Waals surface area contributed by atoms with Crippen molar-refractivity contribution in [3.63, 3.8) is 0 Å². The first kappa shape index (κ1) is 16.5. The standard InChI is InChI=1S/C18H17BrClNO2/c19-16-8-7-13(20)9-15(16)18(23)21-17-12(10-22)6-5-11-3-1-2-4-14(11)17/h1-4,7-9,12,17,22H,5-6,10H2,(H,21,23)/t12-,17-/m0/s1. The summed E-state index contributed by atoms with van der Waals surface area (Å²) in [6, 6.07) is 13.0. The number of hydrogen-bond acceptors (Lipinski definition) is 2. The lowest BCUT2D eigenvalue weighted by Crippen LogP contribution is -2.38. The van der Waals surface area contributed by atoms with Crippen molar-refractivity contribution in [2.75, 3.05) is 6.61 Å². The number of nitrogens with one attached hydrogen (secondary N) is 1. The number of aryl methyl sites for hydroxylation is 1. The van der Waals surface area contributed by atoms with E-state index in [9.17, 15) is 9.90 Å². The first-order chi connectivity index (χ1) is 11.1. The van der Waals surface area contributed by atoms with Crippen molar-refractivity contribution in [3.8, 4) is 0 Å². The van der Waals surface area contributed by atoms with Crippen molar-refractivity contribution in [1.82, 2.24) is 5.32 Å². The number of aliphatic hydroxyl groups excluding tert-OH is 1. The van der Waals surface area contributed by atoms with E-state index in [4.69, 9.17) is 11.6 Å². The Morgan fingerprint density at radius 3 is 2.87 bits per heavy atom. The normalized spacial score (nSPS) is 20.0. The molecular formula is C18H17BrClNO2. The van der Waals surface area contributed by atoms with Gasteiger partial charge in [-0.25, -0.2) is 0 Å². The van der Waals surface area contributed by atoms with Crippen LogP contribution in [0, 0.1) is 5.92 Å². The highest BCUT2D eigenvalue weighted by atomic mass is 79.9. The van der Waals surface area contributed by atoms with Crippen LogP contribution in [-0.4, -0.2) is 17.6 Å². The Hall–Kier alpha value is -1.36. The van der Waals surface area contributed by atoms with Gasteiger partial charge >= 0.3 is 0 Å². The highest BCUT2D eigenvalue weighted by Crippen LogP contribution is 2.34. The molecule has 0 aromatic heterocycles. The zero-order valence-corrected chi connectivity index (χ0v) is 14.8. The van der Waals surface area contributed by atoms with Gasteiger partial charge in [-0.1, -0.05) is 35.9 Å². The molecule has 0 heterocycles. The maximum absolute atomic E-state index is 12.7. The highest BCUT2D eigenvalue weighted by Gasteiger charge is 2.30. The van der Waals surface area contributed by atoms with E-state index in [2.05, 4.69) is 27.3 Å². The van der Waals surface area contributed by atoms with Gasteiger partial charge in [-0.2, -0.15) is 0 Å². The molecule has 3 nitrogen and oxygen atoms in total. The maximum Gasteiger partial charge on any atom is 0.252 e. The number of aliphatic hydroxyl groups is 1. The van der Waals surface area contributed by atoms with Crippen LogP contribution in [0.25, 0.3) is 0 Å². The third-order valence-electron chi connectivity index (χ3n) is 4.34. The lowest BCUT2D eigenvalue weighted by atomic mass is 9.80. The zero-order chi connectivity index (χ0) is 16.4. The molecule has 0 bridgehead atoms. The lowest BCUT2D eigenvalue weighted by Gasteiger charge is -2.33. The Balaban J connectivity index is 1.91. The Bertz CT molecular complexity index is 735. The van der Waals surface area contributed by atoms with Crippen LogP contribution < -0.4 is 5.32 Å². The second kappa shape index (κ2) is 7.04. The molecule has 1 amide bonds. The predicted molar refractivity (Wildman–Crippen MR) is 94.7 cm³/mol. The summed E-state index contributed by atoms with van der Waals surface area (Å²) >= 11 is 9.39. The second-order valence-electron chi connectivity index (χ2n) is 5.76. The van der Waals surface area contributed by atoms with Gasteiger partial charge < -0.3 is 10.4 Å². The van der Waals surface area contributed by atoms with Crippen LogP contribution in [0.5, 0.6) is 0 Å². The molecule has 0 fully saturated rings. The first-order valence-corrected chi connectivity index (χ1v) is 8.72. The van der Waals surface area contributed by atoms with Gasteiger partial charge in [-0.3, -0.25) is 4.79 Å². The fourth-order valence-electron chi connectivity index (χ4n) is 3.11. The smallest absolute Gasteiger partial charge is 0.252 e. The lowest BCUT2D eigenvalue weighted by molar-refractivity contribution is 0.0892. The SMILES string of the molecule is O=C(N[C@@H]1c2ccccc2CC[C@H]1CO)c1cc(Cl)ccc1Br. The molecule has 0 saturated carbocycles. The molecule has 2 N–H and O–H groups in total. The summed E-state index contributed by atoms with van der Waals surface area (Å²) in [5.41, 5.74) is 2.81. The van der Waals surface area contributed by atoms with Crippen LogP contribution in [0.3, 0.4) is 0 Å². The van der Waals surface area contributed by atoms with Crippen molar-refractivity contribution in [1.29, 1.82) is 0 Å². The molecule has 2 atom stereocenters.